The molecule has 0 aromatic carbocycles. The van der Waals surface area contributed by atoms with Crippen molar-refractivity contribution in [3.63, 3.8) is 0 Å². The van der Waals surface area contributed by atoms with E-state index in [0.717, 1.165) is 12.4 Å². The van der Waals surface area contributed by atoms with E-state index in [4.69, 9.17) is 10.5 Å². The van der Waals surface area contributed by atoms with Crippen LogP contribution in [0.2, 0.25) is 0 Å². The Bertz CT molecular complexity index is 179. The molecular weight excluding hydrogens is 230 g/mol. The number of thioether (sulfide) groups is 1. The summed E-state index contributed by atoms with van der Waals surface area (Å²) in [5.41, 5.74) is 5.92. The van der Waals surface area contributed by atoms with Crippen LogP contribution >= 0.6 is 11.8 Å². The zero-order valence-corrected chi connectivity index (χ0v) is 12.4. The van der Waals surface area contributed by atoms with E-state index in [-0.39, 0.29) is 11.0 Å². The molecule has 1 atom stereocenters. The molecule has 0 bridgehead atoms. The van der Waals surface area contributed by atoms with Crippen molar-refractivity contribution in [2.75, 3.05) is 12.4 Å². The smallest absolute Gasteiger partial charge is 0.113 e. The van der Waals surface area contributed by atoms with Gasteiger partial charge in [-0.05, 0) is 25.7 Å². The summed E-state index contributed by atoms with van der Waals surface area (Å²) in [6.45, 7) is 5.27. The molecule has 1 heterocycles. The molecule has 1 aliphatic rings. The maximum absolute atomic E-state index is 6.11. The molecule has 2 nitrogen and oxygen atoms in total. The molecule has 0 aliphatic carbocycles. The van der Waals surface area contributed by atoms with Crippen LogP contribution in [0.3, 0.4) is 0 Å². The Balaban J connectivity index is 2.39. The van der Waals surface area contributed by atoms with Crippen molar-refractivity contribution in [3.05, 3.63) is 0 Å². The van der Waals surface area contributed by atoms with Gasteiger partial charge >= 0.3 is 0 Å². The Morgan fingerprint density at radius 1 is 1.12 bits per heavy atom. The van der Waals surface area contributed by atoms with Crippen LogP contribution < -0.4 is 5.73 Å². The van der Waals surface area contributed by atoms with Crippen LogP contribution in [-0.4, -0.2) is 23.3 Å². The molecular formula is C14H29NOS. The van der Waals surface area contributed by atoms with E-state index in [1.54, 1.807) is 0 Å². The number of unbranched alkanes of at least 4 members (excludes halogenated alkanes) is 4. The molecule has 1 fully saturated rings. The number of hydrogen-bond acceptors (Lipinski definition) is 3. The topological polar surface area (TPSA) is 35.2 Å². The molecule has 1 rings (SSSR count). The largest absolute Gasteiger partial charge is 0.363 e. The fraction of sp³-hybridized carbons (Fsp3) is 1.00. The lowest BCUT2D eigenvalue weighted by Gasteiger charge is -2.39. The highest BCUT2D eigenvalue weighted by molar-refractivity contribution is 8.00. The highest BCUT2D eigenvalue weighted by atomic mass is 32.2. The fourth-order valence-electron chi connectivity index (χ4n) is 2.31. The Kier molecular flexibility index (Phi) is 7.56. The second-order valence-electron chi connectivity index (χ2n) is 5.21. The van der Waals surface area contributed by atoms with Gasteiger partial charge in [-0.3, -0.25) is 0 Å². The van der Waals surface area contributed by atoms with Crippen LogP contribution in [0.5, 0.6) is 0 Å². The van der Waals surface area contributed by atoms with Gasteiger partial charge in [-0.15, -0.1) is 11.8 Å². The van der Waals surface area contributed by atoms with E-state index in [1.807, 2.05) is 11.8 Å². The molecule has 3 heteroatoms. The van der Waals surface area contributed by atoms with Gasteiger partial charge in [-0.25, -0.2) is 0 Å². The highest BCUT2D eigenvalue weighted by Crippen LogP contribution is 2.40. The van der Waals surface area contributed by atoms with Crippen LogP contribution in [0.4, 0.5) is 0 Å². The summed E-state index contributed by atoms with van der Waals surface area (Å²) in [7, 11) is 0. The standard InChI is InChI=1S/C14H29NOS/c1-3-5-7-9-14(10-8-6-4-2)16-11-13(15)12-17-14/h13H,3-12,15H2,1-2H3. The summed E-state index contributed by atoms with van der Waals surface area (Å²) >= 11 is 1.97. The third-order valence-electron chi connectivity index (χ3n) is 3.44. The Labute approximate surface area is 111 Å². The van der Waals surface area contributed by atoms with Gasteiger partial charge in [0.15, 0.2) is 0 Å². The lowest BCUT2D eigenvalue weighted by atomic mass is 10.0. The highest BCUT2D eigenvalue weighted by Gasteiger charge is 2.35. The van der Waals surface area contributed by atoms with Crippen LogP contribution in [-0.2, 0) is 4.74 Å². The average molecular weight is 259 g/mol. The maximum Gasteiger partial charge on any atom is 0.113 e. The molecule has 1 aliphatic heterocycles. The zero-order valence-electron chi connectivity index (χ0n) is 11.5. The van der Waals surface area contributed by atoms with Crippen LogP contribution in [0.1, 0.15) is 65.2 Å². The van der Waals surface area contributed by atoms with Crippen molar-refractivity contribution < 1.29 is 4.74 Å². The van der Waals surface area contributed by atoms with Crippen molar-refractivity contribution in [2.45, 2.75) is 76.2 Å². The number of rotatable bonds is 8. The lowest BCUT2D eigenvalue weighted by molar-refractivity contribution is -0.00207. The molecule has 0 saturated carbocycles. The van der Waals surface area contributed by atoms with Crippen LogP contribution in [0.15, 0.2) is 0 Å². The summed E-state index contributed by atoms with van der Waals surface area (Å²) < 4.78 is 6.11. The Hall–Kier alpha value is 0.270. The summed E-state index contributed by atoms with van der Waals surface area (Å²) in [5, 5.41) is 0. The van der Waals surface area contributed by atoms with Gasteiger partial charge in [0.1, 0.15) is 4.93 Å². The van der Waals surface area contributed by atoms with Crippen molar-refractivity contribution in [2.24, 2.45) is 5.73 Å². The van der Waals surface area contributed by atoms with Crippen LogP contribution in [0, 0.1) is 0 Å². The van der Waals surface area contributed by atoms with E-state index in [1.165, 1.54) is 51.4 Å². The molecule has 0 spiro atoms. The minimum Gasteiger partial charge on any atom is -0.363 e. The Morgan fingerprint density at radius 3 is 2.12 bits per heavy atom. The molecule has 17 heavy (non-hydrogen) atoms. The van der Waals surface area contributed by atoms with E-state index in [2.05, 4.69) is 13.8 Å². The number of nitrogens with two attached hydrogens (primary N) is 1. The monoisotopic (exact) mass is 259 g/mol. The number of hydrogen-bond donors (Lipinski definition) is 1. The summed E-state index contributed by atoms with van der Waals surface area (Å²) in [4.78, 5) is 0.0974. The summed E-state index contributed by atoms with van der Waals surface area (Å²) in [6.07, 6.45) is 10.2. The third kappa shape index (κ3) is 5.62. The first-order chi connectivity index (χ1) is 8.22. The summed E-state index contributed by atoms with van der Waals surface area (Å²) in [6, 6.07) is 0.241. The second kappa shape index (κ2) is 8.39. The van der Waals surface area contributed by atoms with Gasteiger partial charge < -0.3 is 10.5 Å². The normalized spacial score (nSPS) is 23.8. The maximum atomic E-state index is 6.11. The average Bonchev–Trinajstić information content (AvgIpc) is 2.34. The molecule has 0 aromatic heterocycles. The van der Waals surface area contributed by atoms with Crippen molar-refractivity contribution >= 4 is 11.8 Å². The number of ether oxygens (including phenoxy) is 1. The molecule has 0 aromatic rings. The van der Waals surface area contributed by atoms with Gasteiger partial charge in [0.25, 0.3) is 0 Å². The first-order valence-corrected chi connectivity index (χ1v) is 8.24. The molecule has 1 saturated heterocycles. The first-order valence-electron chi connectivity index (χ1n) is 7.26. The molecule has 0 amide bonds. The van der Waals surface area contributed by atoms with E-state index >= 15 is 0 Å². The van der Waals surface area contributed by atoms with Crippen molar-refractivity contribution in [3.8, 4) is 0 Å². The van der Waals surface area contributed by atoms with Gasteiger partial charge in [-0.2, -0.15) is 0 Å². The van der Waals surface area contributed by atoms with Gasteiger partial charge in [0.2, 0.25) is 0 Å². The predicted octanol–water partition coefficient (Wildman–Crippen LogP) is 3.93. The molecule has 102 valence electrons. The Morgan fingerprint density at radius 2 is 1.71 bits per heavy atom. The minimum absolute atomic E-state index is 0.0974. The predicted molar refractivity (Wildman–Crippen MR) is 77.4 cm³/mol. The lowest BCUT2D eigenvalue weighted by Crippen LogP contribution is -2.43. The molecule has 1 unspecified atom stereocenters. The zero-order chi connectivity index (χ0) is 12.6. The second-order valence-corrected chi connectivity index (χ2v) is 6.57. The van der Waals surface area contributed by atoms with Crippen molar-refractivity contribution in [1.29, 1.82) is 0 Å². The van der Waals surface area contributed by atoms with Gasteiger partial charge in [0.05, 0.1) is 6.61 Å². The minimum atomic E-state index is 0.0974. The van der Waals surface area contributed by atoms with E-state index < -0.39 is 0 Å². The van der Waals surface area contributed by atoms with E-state index in [0.29, 0.717) is 0 Å². The van der Waals surface area contributed by atoms with E-state index in [9.17, 15) is 0 Å². The van der Waals surface area contributed by atoms with Crippen LogP contribution in [0.25, 0.3) is 0 Å². The fourth-order valence-corrected chi connectivity index (χ4v) is 3.65. The van der Waals surface area contributed by atoms with Gasteiger partial charge in [-0.1, -0.05) is 39.5 Å². The van der Waals surface area contributed by atoms with Crippen molar-refractivity contribution in [1.82, 2.24) is 0 Å². The third-order valence-corrected chi connectivity index (χ3v) is 5.09. The van der Waals surface area contributed by atoms with Gasteiger partial charge in [0, 0.05) is 11.8 Å². The summed E-state index contributed by atoms with van der Waals surface area (Å²) in [5.74, 6) is 1.07. The molecule has 2 N–H and O–H groups in total. The molecule has 0 radical (unpaired) electrons. The first kappa shape index (κ1) is 15.3. The quantitative estimate of drug-likeness (QED) is 0.671. The SMILES string of the molecule is CCCCCC1(CCCCC)OCC(N)CS1.